The highest BCUT2D eigenvalue weighted by Gasteiger charge is 2.21. The van der Waals surface area contributed by atoms with E-state index in [4.69, 9.17) is 11.6 Å². The monoisotopic (exact) mass is 369 g/mol. The van der Waals surface area contributed by atoms with Gasteiger partial charge >= 0.3 is 0 Å². The van der Waals surface area contributed by atoms with Crippen LogP contribution >= 0.6 is 11.6 Å². The first-order valence-corrected chi connectivity index (χ1v) is 9.40. The van der Waals surface area contributed by atoms with Gasteiger partial charge in [-0.1, -0.05) is 61.8 Å². The van der Waals surface area contributed by atoms with Crippen LogP contribution in [0.5, 0.6) is 0 Å². The highest BCUT2D eigenvalue weighted by molar-refractivity contribution is 6.36. The number of carbonyl (C=O) groups excluding carboxylic acids is 1. The molecular formula is C21H24ClN3O. The molecule has 1 amide bonds. The highest BCUT2D eigenvalue weighted by atomic mass is 35.5. The van der Waals surface area contributed by atoms with Crippen LogP contribution < -0.4 is 5.32 Å². The molecule has 0 spiro atoms. The van der Waals surface area contributed by atoms with E-state index >= 15 is 0 Å². The number of nitrogens with one attached hydrogen (secondary N) is 1. The molecule has 0 fully saturated rings. The summed E-state index contributed by atoms with van der Waals surface area (Å²) in [4.78, 5) is 15.1. The minimum absolute atomic E-state index is 0.131. The normalized spacial score (nSPS) is 11.2. The van der Waals surface area contributed by atoms with Crippen molar-refractivity contribution in [1.29, 1.82) is 0 Å². The standard InChI is InChI=1S/C21H24ClN3O/c1-3-24(4-2)15-14-23-21(26)19-17-12-8-9-13-18(17)25(20(19)22)16-10-6-5-7-11-16/h5-13H,3-4,14-15H2,1-2H3,(H,23,26). The average molecular weight is 370 g/mol. The van der Waals surface area contributed by atoms with Crippen LogP contribution in [0, 0.1) is 0 Å². The summed E-state index contributed by atoms with van der Waals surface area (Å²) in [6, 6.07) is 17.7. The van der Waals surface area contributed by atoms with Gasteiger partial charge in [0.05, 0.1) is 11.1 Å². The fraction of sp³-hybridized carbons (Fsp3) is 0.286. The number of aromatic nitrogens is 1. The minimum atomic E-state index is -0.131. The van der Waals surface area contributed by atoms with Gasteiger partial charge in [-0.05, 0) is 31.3 Å². The number of benzene rings is 2. The second kappa shape index (κ2) is 8.39. The van der Waals surface area contributed by atoms with E-state index in [0.717, 1.165) is 36.2 Å². The van der Waals surface area contributed by atoms with Crippen LogP contribution in [0.1, 0.15) is 24.2 Å². The van der Waals surface area contributed by atoms with E-state index in [1.807, 2.05) is 59.2 Å². The van der Waals surface area contributed by atoms with Crippen molar-refractivity contribution in [2.24, 2.45) is 0 Å². The molecule has 136 valence electrons. The summed E-state index contributed by atoms with van der Waals surface area (Å²) in [6.45, 7) is 7.61. The first-order chi connectivity index (χ1) is 12.7. The van der Waals surface area contributed by atoms with E-state index in [1.54, 1.807) is 0 Å². The van der Waals surface area contributed by atoms with Gasteiger partial charge in [0.25, 0.3) is 5.91 Å². The van der Waals surface area contributed by atoms with Gasteiger partial charge in [-0.3, -0.25) is 9.36 Å². The van der Waals surface area contributed by atoms with Crippen LogP contribution in [0.15, 0.2) is 54.6 Å². The molecule has 0 aliphatic carbocycles. The van der Waals surface area contributed by atoms with Crippen molar-refractivity contribution < 1.29 is 4.79 Å². The smallest absolute Gasteiger partial charge is 0.255 e. The van der Waals surface area contributed by atoms with Crippen molar-refractivity contribution in [3.63, 3.8) is 0 Å². The molecule has 4 nitrogen and oxygen atoms in total. The Labute approximate surface area is 159 Å². The number of halogens is 1. The van der Waals surface area contributed by atoms with Crippen molar-refractivity contribution in [3.8, 4) is 5.69 Å². The molecule has 1 N–H and O–H groups in total. The Balaban J connectivity index is 1.94. The van der Waals surface area contributed by atoms with Crippen LogP contribution in [-0.4, -0.2) is 41.6 Å². The molecule has 0 bridgehead atoms. The molecule has 0 radical (unpaired) electrons. The van der Waals surface area contributed by atoms with Gasteiger partial charge in [0.2, 0.25) is 0 Å². The van der Waals surface area contributed by atoms with Crippen LogP contribution in [0.3, 0.4) is 0 Å². The molecule has 0 saturated carbocycles. The molecule has 0 aliphatic rings. The lowest BCUT2D eigenvalue weighted by Crippen LogP contribution is -2.34. The Morgan fingerprint density at radius 2 is 1.69 bits per heavy atom. The zero-order valence-electron chi connectivity index (χ0n) is 15.2. The molecule has 0 unspecified atom stereocenters. The molecule has 1 aromatic heterocycles. The Kier molecular flexibility index (Phi) is 5.96. The topological polar surface area (TPSA) is 37.3 Å². The average Bonchev–Trinajstić information content (AvgIpc) is 2.97. The summed E-state index contributed by atoms with van der Waals surface area (Å²) in [5, 5.41) is 4.32. The highest BCUT2D eigenvalue weighted by Crippen LogP contribution is 2.32. The van der Waals surface area contributed by atoms with E-state index in [9.17, 15) is 4.79 Å². The van der Waals surface area contributed by atoms with Crippen LogP contribution in [0.4, 0.5) is 0 Å². The van der Waals surface area contributed by atoms with Crippen molar-refractivity contribution in [2.45, 2.75) is 13.8 Å². The summed E-state index contributed by atoms with van der Waals surface area (Å²) in [6.07, 6.45) is 0. The van der Waals surface area contributed by atoms with Gasteiger partial charge in [0.1, 0.15) is 5.15 Å². The third-order valence-electron chi connectivity index (χ3n) is 4.67. The van der Waals surface area contributed by atoms with E-state index in [2.05, 4.69) is 24.1 Å². The molecule has 5 heteroatoms. The lowest BCUT2D eigenvalue weighted by atomic mass is 10.1. The number of fused-ring (bicyclic) bond motifs is 1. The third kappa shape index (κ3) is 3.62. The van der Waals surface area contributed by atoms with E-state index in [1.165, 1.54) is 0 Å². The Morgan fingerprint density at radius 1 is 1.04 bits per heavy atom. The number of hydrogen-bond donors (Lipinski definition) is 1. The largest absolute Gasteiger partial charge is 0.351 e. The Morgan fingerprint density at radius 3 is 2.38 bits per heavy atom. The van der Waals surface area contributed by atoms with Gasteiger partial charge < -0.3 is 10.2 Å². The SMILES string of the molecule is CCN(CC)CCNC(=O)c1c(Cl)n(-c2ccccc2)c2ccccc12. The summed E-state index contributed by atoms with van der Waals surface area (Å²) < 4.78 is 1.93. The number of carbonyl (C=O) groups is 1. The summed E-state index contributed by atoms with van der Waals surface area (Å²) >= 11 is 6.67. The zero-order chi connectivity index (χ0) is 18.5. The number of rotatable bonds is 7. The molecule has 2 aromatic carbocycles. The van der Waals surface area contributed by atoms with Gasteiger partial charge in [0, 0.05) is 24.2 Å². The first kappa shape index (κ1) is 18.5. The number of hydrogen-bond acceptors (Lipinski definition) is 2. The number of amides is 1. The van der Waals surface area contributed by atoms with Crippen molar-refractivity contribution in [1.82, 2.24) is 14.8 Å². The summed E-state index contributed by atoms with van der Waals surface area (Å²) in [7, 11) is 0. The quantitative estimate of drug-likeness (QED) is 0.672. The van der Waals surface area contributed by atoms with Gasteiger partial charge in [0.15, 0.2) is 0 Å². The maximum Gasteiger partial charge on any atom is 0.255 e. The number of likely N-dealkylation sites (N-methyl/N-ethyl adjacent to an activating group) is 1. The molecule has 1 heterocycles. The first-order valence-electron chi connectivity index (χ1n) is 9.02. The predicted molar refractivity (Wildman–Crippen MR) is 108 cm³/mol. The van der Waals surface area contributed by atoms with Crippen molar-refractivity contribution in [3.05, 3.63) is 65.3 Å². The molecule has 3 aromatic rings. The Hall–Kier alpha value is -2.30. The predicted octanol–water partition coefficient (Wildman–Crippen LogP) is 4.36. The molecular weight excluding hydrogens is 346 g/mol. The fourth-order valence-corrected chi connectivity index (χ4v) is 3.59. The lowest BCUT2D eigenvalue weighted by Gasteiger charge is -2.17. The van der Waals surface area contributed by atoms with Crippen LogP contribution in [0.25, 0.3) is 16.6 Å². The number of nitrogens with zero attached hydrogens (tertiary/aromatic N) is 2. The van der Waals surface area contributed by atoms with E-state index in [-0.39, 0.29) is 5.91 Å². The second-order valence-corrected chi connectivity index (χ2v) is 6.49. The Bertz CT molecular complexity index is 885. The van der Waals surface area contributed by atoms with Gasteiger partial charge in [-0.15, -0.1) is 0 Å². The summed E-state index contributed by atoms with van der Waals surface area (Å²) in [5.74, 6) is -0.131. The van der Waals surface area contributed by atoms with Crippen LogP contribution in [0.2, 0.25) is 5.15 Å². The molecule has 3 rings (SSSR count). The number of para-hydroxylation sites is 2. The van der Waals surface area contributed by atoms with Crippen LogP contribution in [-0.2, 0) is 0 Å². The maximum absolute atomic E-state index is 12.9. The maximum atomic E-state index is 12.9. The molecule has 0 saturated heterocycles. The zero-order valence-corrected chi connectivity index (χ0v) is 16.0. The van der Waals surface area contributed by atoms with Crippen molar-refractivity contribution in [2.75, 3.05) is 26.2 Å². The lowest BCUT2D eigenvalue weighted by molar-refractivity contribution is 0.0950. The van der Waals surface area contributed by atoms with E-state index in [0.29, 0.717) is 17.3 Å². The van der Waals surface area contributed by atoms with E-state index < -0.39 is 0 Å². The molecule has 0 atom stereocenters. The minimum Gasteiger partial charge on any atom is -0.351 e. The van der Waals surface area contributed by atoms with Gasteiger partial charge in [-0.25, -0.2) is 0 Å². The summed E-state index contributed by atoms with van der Waals surface area (Å²) in [5.41, 5.74) is 2.40. The fourth-order valence-electron chi connectivity index (χ4n) is 3.21. The molecule has 26 heavy (non-hydrogen) atoms. The van der Waals surface area contributed by atoms with Gasteiger partial charge in [-0.2, -0.15) is 0 Å². The second-order valence-electron chi connectivity index (χ2n) is 6.14. The third-order valence-corrected chi connectivity index (χ3v) is 5.02. The van der Waals surface area contributed by atoms with Crippen molar-refractivity contribution >= 4 is 28.4 Å². The molecule has 0 aliphatic heterocycles.